The third kappa shape index (κ3) is 3.73. The summed E-state index contributed by atoms with van der Waals surface area (Å²) in [5, 5.41) is 0. The molecule has 0 aromatic heterocycles. The molecule has 1 aromatic carbocycles. The van der Waals surface area contributed by atoms with Gasteiger partial charge in [-0.05, 0) is 36.6 Å². The van der Waals surface area contributed by atoms with Gasteiger partial charge in [-0.2, -0.15) is 0 Å². The Labute approximate surface area is 126 Å². The highest BCUT2D eigenvalue weighted by molar-refractivity contribution is 5.55. The van der Waals surface area contributed by atoms with Crippen LogP contribution in [0.25, 0.3) is 0 Å². The molecule has 0 saturated carbocycles. The second-order valence-electron chi connectivity index (χ2n) is 5.60. The minimum atomic E-state index is -0.220. The lowest BCUT2D eigenvalue weighted by molar-refractivity contribution is -0.00461. The number of methoxy groups -OCH3 is 2. The van der Waals surface area contributed by atoms with Crippen molar-refractivity contribution < 1.29 is 13.9 Å². The number of ether oxygens (including phenoxy) is 2. The van der Waals surface area contributed by atoms with E-state index in [2.05, 4.69) is 4.90 Å². The summed E-state index contributed by atoms with van der Waals surface area (Å²) < 4.78 is 24.5. The Balaban J connectivity index is 2.23. The van der Waals surface area contributed by atoms with Gasteiger partial charge in [-0.15, -0.1) is 0 Å². The molecule has 2 rings (SSSR count). The molecule has 0 aliphatic carbocycles. The van der Waals surface area contributed by atoms with Crippen LogP contribution < -0.4 is 10.6 Å². The monoisotopic (exact) mass is 296 g/mol. The molecule has 0 radical (unpaired) electrons. The van der Waals surface area contributed by atoms with Crippen LogP contribution in [0.15, 0.2) is 18.2 Å². The van der Waals surface area contributed by atoms with Crippen molar-refractivity contribution in [3.8, 4) is 0 Å². The van der Waals surface area contributed by atoms with Gasteiger partial charge in [0, 0.05) is 39.0 Å². The van der Waals surface area contributed by atoms with Gasteiger partial charge in [-0.25, -0.2) is 4.39 Å². The first-order valence-corrected chi connectivity index (χ1v) is 7.43. The van der Waals surface area contributed by atoms with Gasteiger partial charge in [0.15, 0.2) is 0 Å². The summed E-state index contributed by atoms with van der Waals surface area (Å²) in [6.45, 7) is 3.53. The minimum absolute atomic E-state index is 0.0350. The van der Waals surface area contributed by atoms with Gasteiger partial charge >= 0.3 is 0 Å². The number of rotatable bonds is 6. The van der Waals surface area contributed by atoms with Crippen LogP contribution in [0.2, 0.25) is 0 Å². The van der Waals surface area contributed by atoms with Gasteiger partial charge in [-0.1, -0.05) is 6.92 Å². The van der Waals surface area contributed by atoms with Gasteiger partial charge in [0.25, 0.3) is 0 Å². The molecule has 3 unspecified atom stereocenters. The molecular weight excluding hydrogens is 271 g/mol. The van der Waals surface area contributed by atoms with Crippen LogP contribution in [0.3, 0.4) is 0 Å². The van der Waals surface area contributed by atoms with Crippen LogP contribution in [0.1, 0.15) is 18.9 Å². The minimum Gasteiger partial charge on any atom is -0.377 e. The summed E-state index contributed by atoms with van der Waals surface area (Å²) in [7, 11) is 3.39. The summed E-state index contributed by atoms with van der Waals surface area (Å²) in [4.78, 5) is 2.19. The Morgan fingerprint density at radius 3 is 2.43 bits per heavy atom. The molecule has 1 heterocycles. The Hall–Kier alpha value is -1.17. The molecule has 0 bridgehead atoms. The van der Waals surface area contributed by atoms with E-state index in [0.29, 0.717) is 6.42 Å². The quantitative estimate of drug-likeness (QED) is 0.872. The molecule has 1 aliphatic heterocycles. The van der Waals surface area contributed by atoms with Gasteiger partial charge < -0.3 is 20.1 Å². The second kappa shape index (κ2) is 7.20. The summed E-state index contributed by atoms with van der Waals surface area (Å²) in [6, 6.07) is 4.97. The number of nitrogens with zero attached hydrogens (tertiary/aromatic N) is 1. The lowest BCUT2D eigenvalue weighted by atomic mass is 10.0. The van der Waals surface area contributed by atoms with E-state index in [4.69, 9.17) is 15.2 Å². The maximum absolute atomic E-state index is 13.6. The van der Waals surface area contributed by atoms with Gasteiger partial charge in [-0.3, -0.25) is 0 Å². The van der Waals surface area contributed by atoms with E-state index in [-0.39, 0.29) is 24.1 Å². The van der Waals surface area contributed by atoms with Crippen molar-refractivity contribution in [1.29, 1.82) is 0 Å². The SMILES string of the molecule is CCC(N)Cc1cc(F)ccc1N1CC(OC)C(OC)C1. The van der Waals surface area contributed by atoms with Crippen molar-refractivity contribution in [2.45, 2.75) is 38.0 Å². The molecule has 3 atom stereocenters. The molecule has 2 N–H and O–H groups in total. The smallest absolute Gasteiger partial charge is 0.123 e. The van der Waals surface area contributed by atoms with Gasteiger partial charge in [0.2, 0.25) is 0 Å². The first-order valence-electron chi connectivity index (χ1n) is 7.43. The molecule has 4 nitrogen and oxygen atoms in total. The molecule has 118 valence electrons. The standard InChI is InChI=1S/C16H25FN2O2/c1-4-13(18)8-11-7-12(17)5-6-14(11)19-9-15(20-2)16(10-19)21-3/h5-7,13,15-16H,4,8-10,18H2,1-3H3. The van der Waals surface area contributed by atoms with Crippen LogP contribution in [0.5, 0.6) is 0 Å². The maximum atomic E-state index is 13.6. The molecular formula is C16H25FN2O2. The van der Waals surface area contributed by atoms with E-state index in [0.717, 1.165) is 30.8 Å². The fraction of sp³-hybridized carbons (Fsp3) is 0.625. The highest BCUT2D eigenvalue weighted by Crippen LogP contribution is 2.28. The summed E-state index contributed by atoms with van der Waals surface area (Å²) in [6.07, 6.45) is 1.62. The zero-order valence-electron chi connectivity index (χ0n) is 13.0. The third-order valence-corrected chi connectivity index (χ3v) is 4.21. The van der Waals surface area contributed by atoms with Crippen LogP contribution in [-0.4, -0.2) is 45.6 Å². The topological polar surface area (TPSA) is 47.7 Å². The van der Waals surface area contributed by atoms with Crippen LogP contribution >= 0.6 is 0 Å². The number of hydrogen-bond acceptors (Lipinski definition) is 4. The zero-order chi connectivity index (χ0) is 15.4. The molecule has 5 heteroatoms. The van der Waals surface area contributed by atoms with Crippen molar-refractivity contribution in [2.75, 3.05) is 32.2 Å². The highest BCUT2D eigenvalue weighted by atomic mass is 19.1. The van der Waals surface area contributed by atoms with Gasteiger partial charge in [0.05, 0.1) is 0 Å². The Kier molecular flexibility index (Phi) is 5.56. The van der Waals surface area contributed by atoms with Crippen molar-refractivity contribution >= 4 is 5.69 Å². The van der Waals surface area contributed by atoms with E-state index in [1.807, 2.05) is 13.0 Å². The average Bonchev–Trinajstić information content (AvgIpc) is 2.90. The molecule has 1 saturated heterocycles. The summed E-state index contributed by atoms with van der Waals surface area (Å²) in [5.74, 6) is -0.220. The number of hydrogen-bond donors (Lipinski definition) is 1. The molecule has 0 amide bonds. The fourth-order valence-corrected chi connectivity index (χ4v) is 2.85. The number of halogens is 1. The molecule has 21 heavy (non-hydrogen) atoms. The Morgan fingerprint density at radius 2 is 1.90 bits per heavy atom. The fourth-order valence-electron chi connectivity index (χ4n) is 2.85. The predicted octanol–water partition coefficient (Wildman–Crippen LogP) is 1.96. The van der Waals surface area contributed by atoms with Crippen LogP contribution in [-0.2, 0) is 15.9 Å². The summed E-state index contributed by atoms with van der Waals surface area (Å²) >= 11 is 0. The Morgan fingerprint density at radius 1 is 1.29 bits per heavy atom. The van der Waals surface area contributed by atoms with E-state index in [9.17, 15) is 4.39 Å². The third-order valence-electron chi connectivity index (χ3n) is 4.21. The van der Waals surface area contributed by atoms with Crippen molar-refractivity contribution in [3.63, 3.8) is 0 Å². The predicted molar refractivity (Wildman–Crippen MR) is 82.2 cm³/mol. The first-order chi connectivity index (χ1) is 10.1. The largest absolute Gasteiger partial charge is 0.377 e. The van der Waals surface area contributed by atoms with E-state index in [1.54, 1.807) is 20.3 Å². The average molecular weight is 296 g/mol. The highest BCUT2D eigenvalue weighted by Gasteiger charge is 2.33. The van der Waals surface area contributed by atoms with Crippen LogP contribution in [0.4, 0.5) is 10.1 Å². The van der Waals surface area contributed by atoms with E-state index >= 15 is 0 Å². The lowest BCUT2D eigenvalue weighted by Gasteiger charge is -2.23. The molecule has 1 fully saturated rings. The van der Waals surface area contributed by atoms with Crippen LogP contribution in [0, 0.1) is 5.82 Å². The maximum Gasteiger partial charge on any atom is 0.123 e. The van der Waals surface area contributed by atoms with Gasteiger partial charge in [0.1, 0.15) is 18.0 Å². The zero-order valence-corrected chi connectivity index (χ0v) is 13.0. The van der Waals surface area contributed by atoms with Crippen molar-refractivity contribution in [3.05, 3.63) is 29.6 Å². The first kappa shape index (κ1) is 16.2. The van der Waals surface area contributed by atoms with Crippen molar-refractivity contribution in [2.24, 2.45) is 5.73 Å². The summed E-state index contributed by atoms with van der Waals surface area (Å²) in [5.41, 5.74) is 8.02. The van der Waals surface area contributed by atoms with E-state index < -0.39 is 0 Å². The van der Waals surface area contributed by atoms with E-state index in [1.165, 1.54) is 6.07 Å². The lowest BCUT2D eigenvalue weighted by Crippen LogP contribution is -2.27. The molecule has 1 aliphatic rings. The number of nitrogens with two attached hydrogens (primary N) is 1. The Bertz CT molecular complexity index is 458. The number of anilines is 1. The number of benzene rings is 1. The molecule has 1 aromatic rings. The van der Waals surface area contributed by atoms with Crippen molar-refractivity contribution in [1.82, 2.24) is 0 Å². The molecule has 0 spiro atoms. The second-order valence-corrected chi connectivity index (χ2v) is 5.60. The normalized spacial score (nSPS) is 23.6.